The van der Waals surface area contributed by atoms with Crippen LogP contribution in [0.25, 0.3) is 0 Å². The van der Waals surface area contributed by atoms with E-state index in [1.807, 2.05) is 31.2 Å². The highest BCUT2D eigenvalue weighted by Crippen LogP contribution is 2.39. The van der Waals surface area contributed by atoms with Crippen molar-refractivity contribution in [2.75, 3.05) is 27.4 Å². The lowest BCUT2D eigenvalue weighted by atomic mass is 9.89. The molecule has 24 heavy (non-hydrogen) atoms. The number of benzene rings is 2. The molecule has 128 valence electrons. The molecule has 1 aliphatic heterocycles. The molecule has 5 heteroatoms. The van der Waals surface area contributed by atoms with Crippen molar-refractivity contribution in [2.45, 2.75) is 19.4 Å². The zero-order chi connectivity index (χ0) is 17.1. The predicted octanol–water partition coefficient (Wildman–Crippen LogP) is 3.04. The number of phenols is 1. The first-order chi connectivity index (χ1) is 11.7. The van der Waals surface area contributed by atoms with Gasteiger partial charge in [0, 0.05) is 6.54 Å². The molecule has 0 fully saturated rings. The molecule has 0 bridgehead atoms. The number of hydrogen-bond donors (Lipinski definition) is 2. The highest BCUT2D eigenvalue weighted by atomic mass is 16.5. The van der Waals surface area contributed by atoms with Crippen molar-refractivity contribution >= 4 is 0 Å². The van der Waals surface area contributed by atoms with Crippen LogP contribution >= 0.6 is 0 Å². The van der Waals surface area contributed by atoms with Gasteiger partial charge in [0.15, 0.2) is 23.0 Å². The summed E-state index contributed by atoms with van der Waals surface area (Å²) in [6, 6.07) is 9.58. The number of fused-ring (bicyclic) bond motifs is 1. The molecule has 1 atom stereocenters. The molecule has 0 aromatic heterocycles. The Labute approximate surface area is 142 Å². The normalized spacial score (nSPS) is 16.4. The van der Waals surface area contributed by atoms with Gasteiger partial charge < -0.3 is 24.6 Å². The first-order valence-electron chi connectivity index (χ1n) is 8.11. The van der Waals surface area contributed by atoms with Gasteiger partial charge >= 0.3 is 0 Å². The fraction of sp³-hybridized carbons (Fsp3) is 0.368. The quantitative estimate of drug-likeness (QED) is 0.883. The van der Waals surface area contributed by atoms with E-state index in [0.717, 1.165) is 29.8 Å². The minimum Gasteiger partial charge on any atom is -0.504 e. The highest BCUT2D eigenvalue weighted by molar-refractivity contribution is 5.53. The summed E-state index contributed by atoms with van der Waals surface area (Å²) >= 11 is 0. The van der Waals surface area contributed by atoms with Gasteiger partial charge in [-0.2, -0.15) is 0 Å². The van der Waals surface area contributed by atoms with E-state index in [0.29, 0.717) is 18.1 Å². The fourth-order valence-corrected chi connectivity index (χ4v) is 3.16. The van der Waals surface area contributed by atoms with Gasteiger partial charge in [-0.05, 0) is 54.3 Å². The molecule has 0 radical (unpaired) electrons. The van der Waals surface area contributed by atoms with Gasteiger partial charge in [-0.15, -0.1) is 0 Å². The fourth-order valence-electron chi connectivity index (χ4n) is 3.16. The molecular formula is C19H23NO4. The molecule has 0 spiro atoms. The number of ether oxygens (including phenoxy) is 3. The van der Waals surface area contributed by atoms with E-state index in [2.05, 4.69) is 5.32 Å². The van der Waals surface area contributed by atoms with Crippen molar-refractivity contribution in [1.29, 1.82) is 0 Å². The van der Waals surface area contributed by atoms with Crippen molar-refractivity contribution in [2.24, 2.45) is 0 Å². The summed E-state index contributed by atoms with van der Waals surface area (Å²) < 4.78 is 16.4. The van der Waals surface area contributed by atoms with Crippen LogP contribution in [0.2, 0.25) is 0 Å². The Hall–Kier alpha value is -2.40. The second kappa shape index (κ2) is 7.01. The lowest BCUT2D eigenvalue weighted by Gasteiger charge is -2.29. The van der Waals surface area contributed by atoms with Crippen LogP contribution in [-0.4, -0.2) is 32.5 Å². The molecule has 0 amide bonds. The van der Waals surface area contributed by atoms with Crippen LogP contribution in [-0.2, 0) is 6.42 Å². The van der Waals surface area contributed by atoms with Gasteiger partial charge in [0.2, 0.25) is 0 Å². The number of hydrogen-bond acceptors (Lipinski definition) is 5. The molecule has 0 saturated heterocycles. The summed E-state index contributed by atoms with van der Waals surface area (Å²) in [5, 5.41) is 13.5. The van der Waals surface area contributed by atoms with E-state index in [4.69, 9.17) is 14.2 Å². The van der Waals surface area contributed by atoms with E-state index >= 15 is 0 Å². The van der Waals surface area contributed by atoms with E-state index < -0.39 is 0 Å². The number of aromatic hydroxyl groups is 1. The standard InChI is InChI=1S/C19H23NO4/c1-4-24-16-10-13(5-6-15(16)21)19-14-11-18(23-3)17(22-2)9-12(14)7-8-20-19/h5-6,9-11,19-21H,4,7-8H2,1-3H3/t19-/m1/s1. The maximum absolute atomic E-state index is 9.93. The summed E-state index contributed by atoms with van der Waals surface area (Å²) in [6.07, 6.45) is 0.933. The van der Waals surface area contributed by atoms with Crippen molar-refractivity contribution in [1.82, 2.24) is 5.32 Å². The Morgan fingerprint density at radius 2 is 1.83 bits per heavy atom. The first kappa shape index (κ1) is 16.5. The predicted molar refractivity (Wildman–Crippen MR) is 92.4 cm³/mol. The highest BCUT2D eigenvalue weighted by Gasteiger charge is 2.24. The van der Waals surface area contributed by atoms with Crippen molar-refractivity contribution < 1.29 is 19.3 Å². The zero-order valence-electron chi connectivity index (χ0n) is 14.3. The third-order valence-corrected chi connectivity index (χ3v) is 4.32. The number of methoxy groups -OCH3 is 2. The molecule has 0 saturated carbocycles. The zero-order valence-corrected chi connectivity index (χ0v) is 14.3. The molecular weight excluding hydrogens is 306 g/mol. The lowest BCUT2D eigenvalue weighted by molar-refractivity contribution is 0.317. The Bertz CT molecular complexity index is 730. The third kappa shape index (κ3) is 2.99. The smallest absolute Gasteiger partial charge is 0.161 e. The molecule has 2 aromatic carbocycles. The minimum absolute atomic E-state index is 0.0216. The van der Waals surface area contributed by atoms with Crippen molar-refractivity contribution in [3.8, 4) is 23.0 Å². The van der Waals surface area contributed by atoms with E-state index in [-0.39, 0.29) is 11.8 Å². The molecule has 0 aliphatic carbocycles. The maximum atomic E-state index is 9.93. The molecule has 3 rings (SSSR count). The number of nitrogens with one attached hydrogen (secondary N) is 1. The van der Waals surface area contributed by atoms with E-state index in [1.54, 1.807) is 20.3 Å². The largest absolute Gasteiger partial charge is 0.504 e. The average molecular weight is 329 g/mol. The van der Waals surface area contributed by atoms with Gasteiger partial charge in [0.05, 0.1) is 26.9 Å². The molecule has 2 N–H and O–H groups in total. The topological polar surface area (TPSA) is 60.0 Å². The number of rotatable bonds is 5. The molecule has 5 nitrogen and oxygen atoms in total. The minimum atomic E-state index is 0.0216. The third-order valence-electron chi connectivity index (χ3n) is 4.32. The van der Waals surface area contributed by atoms with E-state index in [9.17, 15) is 5.11 Å². The number of phenolic OH excluding ortho intramolecular Hbond substituents is 1. The molecule has 2 aromatic rings. The monoisotopic (exact) mass is 329 g/mol. The Kier molecular flexibility index (Phi) is 4.81. The lowest BCUT2D eigenvalue weighted by Crippen LogP contribution is -2.30. The molecule has 1 aliphatic rings. The molecule has 1 heterocycles. The van der Waals surface area contributed by atoms with Crippen LogP contribution in [0.4, 0.5) is 0 Å². The Morgan fingerprint density at radius 3 is 2.54 bits per heavy atom. The summed E-state index contributed by atoms with van der Waals surface area (Å²) in [7, 11) is 3.29. The van der Waals surface area contributed by atoms with Gasteiger partial charge in [-0.25, -0.2) is 0 Å². The van der Waals surface area contributed by atoms with E-state index in [1.165, 1.54) is 5.56 Å². The van der Waals surface area contributed by atoms with Crippen LogP contribution in [0.15, 0.2) is 30.3 Å². The van der Waals surface area contributed by atoms with Crippen LogP contribution < -0.4 is 19.5 Å². The maximum Gasteiger partial charge on any atom is 0.161 e. The van der Waals surface area contributed by atoms with Crippen LogP contribution in [0.3, 0.4) is 0 Å². The second-order valence-corrected chi connectivity index (χ2v) is 5.70. The SMILES string of the molecule is CCOc1cc([C@H]2NCCc3cc(OC)c(OC)cc32)ccc1O. The van der Waals surface area contributed by atoms with Gasteiger partial charge in [-0.3, -0.25) is 0 Å². The average Bonchev–Trinajstić information content (AvgIpc) is 2.62. The Morgan fingerprint density at radius 1 is 1.08 bits per heavy atom. The molecule has 0 unspecified atom stereocenters. The summed E-state index contributed by atoms with van der Waals surface area (Å²) in [5.74, 6) is 2.12. The van der Waals surface area contributed by atoms with Crippen LogP contribution in [0.1, 0.15) is 29.7 Å². The first-order valence-corrected chi connectivity index (χ1v) is 8.11. The summed E-state index contributed by atoms with van der Waals surface area (Å²) in [4.78, 5) is 0. The van der Waals surface area contributed by atoms with Crippen molar-refractivity contribution in [3.05, 3.63) is 47.0 Å². The van der Waals surface area contributed by atoms with Gasteiger partial charge in [-0.1, -0.05) is 6.07 Å². The van der Waals surface area contributed by atoms with Crippen molar-refractivity contribution in [3.63, 3.8) is 0 Å². The van der Waals surface area contributed by atoms with Crippen LogP contribution in [0, 0.1) is 0 Å². The summed E-state index contributed by atoms with van der Waals surface area (Å²) in [5.41, 5.74) is 3.44. The second-order valence-electron chi connectivity index (χ2n) is 5.70. The van der Waals surface area contributed by atoms with Gasteiger partial charge in [0.1, 0.15) is 0 Å². The summed E-state index contributed by atoms with van der Waals surface area (Å²) in [6.45, 7) is 3.28. The Balaban J connectivity index is 2.04. The van der Waals surface area contributed by atoms with Gasteiger partial charge in [0.25, 0.3) is 0 Å². The van der Waals surface area contributed by atoms with Crippen LogP contribution in [0.5, 0.6) is 23.0 Å².